The quantitative estimate of drug-likeness (QED) is 0.0156. The number of ether oxygens (including phenoxy) is 1. The first-order valence-corrected chi connectivity index (χ1v) is 32.0. The van der Waals surface area contributed by atoms with Gasteiger partial charge in [-0.25, -0.2) is 4.57 Å². The molecule has 2 N–H and O–H groups in total. The lowest BCUT2D eigenvalue weighted by molar-refractivity contribution is -0.870. The van der Waals surface area contributed by atoms with Crippen LogP contribution < -0.4 is 5.32 Å². The first-order valence-electron chi connectivity index (χ1n) is 30.5. The zero-order valence-corrected chi connectivity index (χ0v) is 49.1. The summed E-state index contributed by atoms with van der Waals surface area (Å²) in [5.41, 5.74) is 0. The van der Waals surface area contributed by atoms with E-state index in [1.54, 1.807) is 0 Å². The summed E-state index contributed by atoms with van der Waals surface area (Å²) in [6.45, 7) is 7.00. The topological polar surface area (TPSA) is 111 Å². The molecule has 72 heavy (non-hydrogen) atoms. The Bertz CT molecular complexity index is 1380. The second-order valence-electron chi connectivity index (χ2n) is 21.9. The van der Waals surface area contributed by atoms with Gasteiger partial charge in [-0.1, -0.05) is 237 Å². The van der Waals surface area contributed by atoms with E-state index in [-0.39, 0.29) is 31.5 Å². The van der Waals surface area contributed by atoms with Gasteiger partial charge >= 0.3 is 13.8 Å². The number of hydrogen-bond donors (Lipinski definition) is 2. The molecule has 0 saturated carbocycles. The van der Waals surface area contributed by atoms with Crippen molar-refractivity contribution in [2.45, 2.75) is 296 Å². The number of hydrogen-bond acceptors (Lipinski definition) is 6. The first kappa shape index (κ1) is 70.0. The van der Waals surface area contributed by atoms with Crippen LogP contribution >= 0.6 is 7.82 Å². The zero-order valence-electron chi connectivity index (χ0n) is 48.2. The molecule has 0 radical (unpaired) electrons. The number of unbranched alkanes of at least 4 members (excludes halogenated alkanes) is 34. The highest BCUT2D eigenvalue weighted by atomic mass is 31.2. The van der Waals surface area contributed by atoms with Crippen LogP contribution in [0.4, 0.5) is 0 Å². The fraction of sp³-hybridized carbons (Fsp3) is 0.839. The van der Waals surface area contributed by atoms with Gasteiger partial charge in [-0.2, -0.15) is 0 Å². The van der Waals surface area contributed by atoms with Crippen LogP contribution in [0.15, 0.2) is 48.6 Å². The van der Waals surface area contributed by atoms with E-state index < -0.39 is 20.0 Å². The molecule has 422 valence electrons. The molecule has 0 aromatic carbocycles. The lowest BCUT2D eigenvalue weighted by atomic mass is 10.0. The van der Waals surface area contributed by atoms with Gasteiger partial charge in [0.1, 0.15) is 19.3 Å². The zero-order chi connectivity index (χ0) is 52.9. The molecule has 0 spiro atoms. The van der Waals surface area contributed by atoms with Crippen molar-refractivity contribution in [1.82, 2.24) is 5.32 Å². The van der Waals surface area contributed by atoms with Gasteiger partial charge in [-0.15, -0.1) is 0 Å². The largest absolute Gasteiger partial charge is 0.472 e. The van der Waals surface area contributed by atoms with Crippen LogP contribution in [0.3, 0.4) is 0 Å². The Hall–Kier alpha value is -2.03. The van der Waals surface area contributed by atoms with Crippen molar-refractivity contribution in [1.29, 1.82) is 0 Å². The summed E-state index contributed by atoms with van der Waals surface area (Å²) in [6, 6.07) is -0.862. The Labute approximate surface area is 446 Å². The Morgan fingerprint density at radius 2 is 0.847 bits per heavy atom. The number of allylic oxidation sites excluding steroid dienone is 7. The van der Waals surface area contributed by atoms with Gasteiger partial charge in [0.25, 0.3) is 0 Å². The Morgan fingerprint density at radius 1 is 0.486 bits per heavy atom. The molecule has 1 amide bonds. The number of quaternary nitrogens is 1. The average Bonchev–Trinajstić information content (AvgIpc) is 3.34. The van der Waals surface area contributed by atoms with Crippen LogP contribution in [0, 0.1) is 0 Å². The maximum Gasteiger partial charge on any atom is 0.472 e. The molecule has 0 heterocycles. The number of nitrogens with one attached hydrogen (secondary N) is 1. The highest BCUT2D eigenvalue weighted by molar-refractivity contribution is 7.47. The number of phosphoric acid groups is 1. The van der Waals surface area contributed by atoms with Gasteiger partial charge in [-0.3, -0.25) is 18.6 Å². The van der Waals surface area contributed by atoms with Crippen molar-refractivity contribution in [3.05, 3.63) is 48.6 Å². The molecule has 10 heteroatoms. The molecule has 0 rings (SSSR count). The Morgan fingerprint density at radius 3 is 1.28 bits per heavy atom. The highest BCUT2D eigenvalue weighted by Crippen LogP contribution is 2.43. The molecule has 3 unspecified atom stereocenters. The van der Waals surface area contributed by atoms with Gasteiger partial charge in [-0.05, 0) is 83.1 Å². The first-order chi connectivity index (χ1) is 34.9. The van der Waals surface area contributed by atoms with Gasteiger partial charge < -0.3 is 19.4 Å². The van der Waals surface area contributed by atoms with Crippen LogP contribution in [-0.2, 0) is 27.9 Å². The molecule has 0 aliphatic rings. The van der Waals surface area contributed by atoms with Crippen LogP contribution in [0.5, 0.6) is 0 Å². The second kappa shape index (κ2) is 52.4. The maximum absolute atomic E-state index is 13.5. The van der Waals surface area contributed by atoms with E-state index in [9.17, 15) is 19.0 Å². The summed E-state index contributed by atoms with van der Waals surface area (Å²) < 4.78 is 30.7. The molecule has 0 aromatic heterocycles. The third-order valence-corrected chi connectivity index (χ3v) is 14.5. The predicted octanol–water partition coefficient (Wildman–Crippen LogP) is 18.5. The van der Waals surface area contributed by atoms with Crippen LogP contribution in [-0.4, -0.2) is 74.3 Å². The lowest BCUT2D eigenvalue weighted by Crippen LogP contribution is -2.47. The predicted molar refractivity (Wildman–Crippen MR) is 309 cm³/mol. The number of rotatable bonds is 55. The minimum Gasteiger partial charge on any atom is -0.456 e. The van der Waals surface area contributed by atoms with Crippen molar-refractivity contribution < 1.29 is 37.3 Å². The molecule has 0 aliphatic carbocycles. The van der Waals surface area contributed by atoms with E-state index in [1.165, 1.54) is 167 Å². The molecular formula is C62H118N2O7P+. The number of amides is 1. The molecule has 0 bridgehead atoms. The van der Waals surface area contributed by atoms with Crippen LogP contribution in [0.25, 0.3) is 0 Å². The molecule has 0 aromatic rings. The minimum atomic E-state index is -4.45. The van der Waals surface area contributed by atoms with E-state index >= 15 is 0 Å². The Balaban J connectivity index is 5.37. The molecule has 0 saturated heterocycles. The number of likely N-dealkylation sites (N-methyl/N-ethyl adjacent to an activating group) is 1. The number of nitrogens with zero attached hydrogens (tertiary/aromatic N) is 1. The summed E-state index contributed by atoms with van der Waals surface area (Å²) in [6.07, 6.45) is 63.9. The smallest absolute Gasteiger partial charge is 0.456 e. The fourth-order valence-corrected chi connectivity index (χ4v) is 9.49. The van der Waals surface area contributed by atoms with Crippen LogP contribution in [0.1, 0.15) is 284 Å². The van der Waals surface area contributed by atoms with Crippen LogP contribution in [0.2, 0.25) is 0 Å². The van der Waals surface area contributed by atoms with E-state index in [0.717, 1.165) is 77.0 Å². The summed E-state index contributed by atoms with van der Waals surface area (Å²) in [4.78, 5) is 37.7. The Kier molecular flexibility index (Phi) is 50.9. The molecular weight excluding hydrogens is 916 g/mol. The monoisotopic (exact) mass is 1030 g/mol. The standard InChI is InChI=1S/C62H117N2O7P/c1-7-10-13-16-19-22-25-28-30-32-34-37-40-43-46-49-52-55-62(66)71-60(53-50-47-44-41-38-35-27-24-21-18-15-12-9-3)59(58-70-72(67,68)69-57-56-64(4,5)6)63-61(65)54-51-48-45-42-39-36-33-31-29-26-23-20-17-14-11-8-2/h28,30-31,33,36,39,50,53,59-60H,7-27,29,32,34-35,37-38,40-49,51-52,54-58H2,1-6H3,(H-,63,65,67,68)/p+1/b30-28+,33-31+,39-36+,53-50+. The molecule has 3 atom stereocenters. The SMILES string of the molecule is CCCCCCCC/C=C/CCCCCCCCCC(=O)OC(/C=C/CCCCCCCCCCCCC)C(COP(=O)(O)OCC[N+](C)(C)C)NC(=O)CCCCC/C=C/C=C/CCCCCCCCC. The van der Waals surface area contributed by atoms with Gasteiger partial charge in [0.2, 0.25) is 5.91 Å². The second-order valence-corrected chi connectivity index (χ2v) is 23.4. The number of carbonyl (C=O) groups excluding carboxylic acids is 2. The number of carbonyl (C=O) groups is 2. The van der Waals surface area contributed by atoms with Gasteiger partial charge in [0.15, 0.2) is 0 Å². The van der Waals surface area contributed by atoms with Crippen molar-refractivity contribution in [2.75, 3.05) is 40.9 Å². The third kappa shape index (κ3) is 52.8. The lowest BCUT2D eigenvalue weighted by Gasteiger charge is -2.27. The molecule has 9 nitrogen and oxygen atoms in total. The van der Waals surface area contributed by atoms with Gasteiger partial charge in [0, 0.05) is 12.8 Å². The fourth-order valence-electron chi connectivity index (χ4n) is 8.75. The van der Waals surface area contributed by atoms with E-state index in [0.29, 0.717) is 23.9 Å². The van der Waals surface area contributed by atoms with E-state index in [4.69, 9.17) is 13.8 Å². The summed E-state index contributed by atoms with van der Waals surface area (Å²) >= 11 is 0. The van der Waals surface area contributed by atoms with Crippen molar-refractivity contribution in [3.63, 3.8) is 0 Å². The number of phosphoric ester groups is 1. The summed E-state index contributed by atoms with van der Waals surface area (Å²) in [5, 5.41) is 3.04. The minimum absolute atomic E-state index is 0.0347. The van der Waals surface area contributed by atoms with Crippen molar-refractivity contribution in [2.24, 2.45) is 0 Å². The van der Waals surface area contributed by atoms with Gasteiger partial charge in [0.05, 0.1) is 33.8 Å². The summed E-state index contributed by atoms with van der Waals surface area (Å²) in [5.74, 6) is -0.534. The highest BCUT2D eigenvalue weighted by Gasteiger charge is 2.30. The van der Waals surface area contributed by atoms with E-state index in [1.807, 2.05) is 33.3 Å². The van der Waals surface area contributed by atoms with Crippen molar-refractivity contribution >= 4 is 19.7 Å². The number of esters is 1. The summed E-state index contributed by atoms with van der Waals surface area (Å²) in [7, 11) is 1.48. The maximum atomic E-state index is 13.5. The average molecular weight is 1030 g/mol. The third-order valence-electron chi connectivity index (χ3n) is 13.5. The van der Waals surface area contributed by atoms with E-state index in [2.05, 4.69) is 62.5 Å². The van der Waals surface area contributed by atoms with Crippen molar-refractivity contribution in [3.8, 4) is 0 Å². The molecule has 0 fully saturated rings. The molecule has 0 aliphatic heterocycles. The normalized spacial score (nSPS) is 14.0.